The number of hydrogen-bond donors (Lipinski definition) is 1. The highest BCUT2D eigenvalue weighted by atomic mass is 35.5. The summed E-state index contributed by atoms with van der Waals surface area (Å²) >= 11 is 5.91. The molecule has 0 radical (unpaired) electrons. The highest BCUT2D eigenvalue weighted by molar-refractivity contribution is 6.30. The molecule has 172 valence electrons. The van der Waals surface area contributed by atoms with Gasteiger partial charge in [-0.05, 0) is 62.1 Å². The Labute approximate surface area is 194 Å². The molecule has 0 saturated heterocycles. The second-order valence-electron chi connectivity index (χ2n) is 7.77. The van der Waals surface area contributed by atoms with Crippen molar-refractivity contribution in [3.63, 3.8) is 0 Å². The van der Waals surface area contributed by atoms with Crippen molar-refractivity contribution >= 4 is 28.5 Å². The van der Waals surface area contributed by atoms with Gasteiger partial charge in [0.25, 0.3) is 0 Å². The molecular weight excluding hydrogens is 426 g/mol. The summed E-state index contributed by atoms with van der Waals surface area (Å²) in [6.45, 7) is 2.41. The molecule has 0 saturated carbocycles. The molecule has 7 heteroatoms. The van der Waals surface area contributed by atoms with Crippen LogP contribution in [0.25, 0.3) is 11.0 Å². The molecule has 0 aliphatic heterocycles. The summed E-state index contributed by atoms with van der Waals surface area (Å²) in [4.78, 5) is 16.3. The summed E-state index contributed by atoms with van der Waals surface area (Å²) in [7, 11) is 1.53. The number of amides is 1. The number of rotatable bonds is 14. The lowest BCUT2D eigenvalue weighted by Gasteiger charge is -2.10. The van der Waals surface area contributed by atoms with Crippen molar-refractivity contribution in [2.45, 2.75) is 45.1 Å². The number of imidazole rings is 1. The largest absolute Gasteiger partial charge is 0.494 e. The Morgan fingerprint density at radius 3 is 2.66 bits per heavy atom. The number of hydrogen-bond acceptors (Lipinski definition) is 4. The predicted octanol–water partition coefficient (Wildman–Crippen LogP) is 5.02. The normalized spacial score (nSPS) is 11.1. The molecule has 0 aliphatic carbocycles. The molecule has 32 heavy (non-hydrogen) atoms. The molecule has 0 unspecified atom stereocenters. The molecule has 0 spiro atoms. The van der Waals surface area contributed by atoms with Gasteiger partial charge < -0.3 is 19.4 Å². The maximum absolute atomic E-state index is 11.4. The second kappa shape index (κ2) is 13.1. The van der Waals surface area contributed by atoms with Gasteiger partial charge in [0.15, 0.2) is 0 Å². The summed E-state index contributed by atoms with van der Waals surface area (Å²) in [5.41, 5.74) is 2.24. The smallest absolute Gasteiger partial charge is 0.245 e. The van der Waals surface area contributed by atoms with E-state index in [1.807, 2.05) is 30.3 Å². The molecule has 1 heterocycles. The van der Waals surface area contributed by atoms with Crippen molar-refractivity contribution in [2.75, 3.05) is 26.9 Å². The number of aryl methyl sites for hydroxylation is 2. The zero-order valence-electron chi connectivity index (χ0n) is 18.7. The lowest BCUT2D eigenvalue weighted by Crippen LogP contribution is -2.27. The molecule has 0 atom stereocenters. The van der Waals surface area contributed by atoms with Crippen molar-refractivity contribution in [1.29, 1.82) is 0 Å². The minimum Gasteiger partial charge on any atom is -0.494 e. The quantitative estimate of drug-likeness (QED) is 0.345. The number of nitrogens with zero attached hydrogens (tertiary/aromatic N) is 2. The molecule has 1 N–H and O–H groups in total. The molecule has 0 aliphatic rings. The van der Waals surface area contributed by atoms with Crippen LogP contribution in [0.2, 0.25) is 5.02 Å². The summed E-state index contributed by atoms with van der Waals surface area (Å²) < 4.78 is 13.0. The van der Waals surface area contributed by atoms with E-state index in [2.05, 4.69) is 28.1 Å². The molecule has 1 aromatic heterocycles. The van der Waals surface area contributed by atoms with E-state index in [9.17, 15) is 4.79 Å². The molecular formula is C25H32ClN3O3. The highest BCUT2D eigenvalue weighted by Gasteiger charge is 2.10. The molecule has 0 fully saturated rings. The molecule has 6 nitrogen and oxygen atoms in total. The Hall–Kier alpha value is -2.57. The van der Waals surface area contributed by atoms with Gasteiger partial charge in [0, 0.05) is 31.6 Å². The number of halogens is 1. The van der Waals surface area contributed by atoms with Gasteiger partial charge in [-0.25, -0.2) is 4.98 Å². The maximum atomic E-state index is 11.4. The van der Waals surface area contributed by atoms with Crippen LogP contribution in [0.5, 0.6) is 5.75 Å². The first kappa shape index (κ1) is 24.1. The van der Waals surface area contributed by atoms with E-state index in [4.69, 9.17) is 26.1 Å². The standard InChI is InChI=1S/C25H32ClN3O3/c1-31-19-25(30)27-16-6-2-3-11-24-28-22-9-4-5-10-23(22)29(24)17-7-8-18-32-21-14-12-20(26)13-15-21/h4-5,9-10,12-15H,2-3,6-8,11,16-19H2,1H3,(H,27,30). The zero-order chi connectivity index (χ0) is 22.6. The van der Waals surface area contributed by atoms with Crippen molar-refractivity contribution in [3.05, 3.63) is 59.4 Å². The fraction of sp³-hybridized carbons (Fsp3) is 0.440. The van der Waals surface area contributed by atoms with Gasteiger partial charge in [0.1, 0.15) is 18.2 Å². The van der Waals surface area contributed by atoms with Crippen LogP contribution in [-0.2, 0) is 22.5 Å². The van der Waals surface area contributed by atoms with Crippen molar-refractivity contribution < 1.29 is 14.3 Å². The molecule has 0 bridgehead atoms. The fourth-order valence-corrected chi connectivity index (χ4v) is 3.78. The van der Waals surface area contributed by atoms with Crippen molar-refractivity contribution in [1.82, 2.24) is 14.9 Å². The first-order valence-electron chi connectivity index (χ1n) is 11.3. The Morgan fingerprint density at radius 1 is 1.03 bits per heavy atom. The van der Waals surface area contributed by atoms with Gasteiger partial charge in [-0.1, -0.05) is 30.2 Å². The SMILES string of the molecule is COCC(=O)NCCCCCc1nc2ccccc2n1CCCCOc1ccc(Cl)cc1. The Bertz CT molecular complexity index is 972. The Morgan fingerprint density at radius 2 is 1.84 bits per heavy atom. The number of aromatic nitrogens is 2. The molecule has 3 rings (SSSR count). The van der Waals surface area contributed by atoms with E-state index < -0.39 is 0 Å². The van der Waals surface area contributed by atoms with Gasteiger partial charge in [-0.15, -0.1) is 0 Å². The minimum absolute atomic E-state index is 0.0608. The summed E-state index contributed by atoms with van der Waals surface area (Å²) in [5.74, 6) is 1.92. The summed E-state index contributed by atoms with van der Waals surface area (Å²) in [6.07, 6.45) is 5.97. The number of carbonyl (C=O) groups is 1. The number of unbranched alkanes of at least 4 members (excludes halogenated alkanes) is 3. The third-order valence-corrected chi connectivity index (χ3v) is 5.52. The van der Waals surface area contributed by atoms with Gasteiger partial charge in [-0.2, -0.15) is 0 Å². The molecule has 2 aromatic carbocycles. The van der Waals surface area contributed by atoms with Gasteiger partial charge in [0.05, 0.1) is 17.6 Å². The first-order valence-corrected chi connectivity index (χ1v) is 11.6. The number of nitrogens with one attached hydrogen (secondary N) is 1. The van der Waals surface area contributed by atoms with Crippen molar-refractivity contribution in [3.8, 4) is 5.75 Å². The Kier molecular flexibility index (Phi) is 9.85. The van der Waals surface area contributed by atoms with Gasteiger partial charge in [0.2, 0.25) is 5.91 Å². The van der Waals surface area contributed by atoms with Crippen LogP contribution in [0.15, 0.2) is 48.5 Å². The number of benzene rings is 2. The second-order valence-corrected chi connectivity index (χ2v) is 8.21. The first-order chi connectivity index (χ1) is 15.7. The van der Waals surface area contributed by atoms with E-state index >= 15 is 0 Å². The van der Waals surface area contributed by atoms with Gasteiger partial charge in [-0.3, -0.25) is 4.79 Å². The monoisotopic (exact) mass is 457 g/mol. The van der Waals surface area contributed by atoms with E-state index in [-0.39, 0.29) is 12.5 Å². The zero-order valence-corrected chi connectivity index (χ0v) is 19.4. The third-order valence-electron chi connectivity index (χ3n) is 5.27. The predicted molar refractivity (Wildman–Crippen MR) is 128 cm³/mol. The maximum Gasteiger partial charge on any atom is 0.245 e. The number of methoxy groups -OCH3 is 1. The summed E-state index contributed by atoms with van der Waals surface area (Å²) in [6, 6.07) is 15.8. The van der Waals surface area contributed by atoms with Crippen LogP contribution in [0, 0.1) is 0 Å². The van der Waals surface area contributed by atoms with Crippen LogP contribution < -0.4 is 10.1 Å². The Balaban J connectivity index is 1.45. The third kappa shape index (κ3) is 7.53. The topological polar surface area (TPSA) is 65.4 Å². The van der Waals surface area contributed by atoms with E-state index in [0.29, 0.717) is 18.2 Å². The van der Waals surface area contributed by atoms with Crippen LogP contribution in [-0.4, -0.2) is 42.3 Å². The lowest BCUT2D eigenvalue weighted by molar-refractivity contribution is -0.124. The van der Waals surface area contributed by atoms with Crippen LogP contribution in [0.3, 0.4) is 0 Å². The van der Waals surface area contributed by atoms with Crippen molar-refractivity contribution in [2.24, 2.45) is 0 Å². The van der Waals surface area contributed by atoms with Crippen LogP contribution >= 0.6 is 11.6 Å². The average Bonchev–Trinajstić information content (AvgIpc) is 3.15. The van der Waals surface area contributed by atoms with E-state index in [1.165, 1.54) is 12.6 Å². The van der Waals surface area contributed by atoms with E-state index in [0.717, 1.165) is 62.2 Å². The lowest BCUT2D eigenvalue weighted by atomic mass is 10.2. The minimum atomic E-state index is -0.0608. The molecule has 1 amide bonds. The number of ether oxygens (including phenoxy) is 2. The van der Waals surface area contributed by atoms with Gasteiger partial charge >= 0.3 is 0 Å². The number of fused-ring (bicyclic) bond motifs is 1. The van der Waals surface area contributed by atoms with Crippen LogP contribution in [0.4, 0.5) is 0 Å². The fourth-order valence-electron chi connectivity index (χ4n) is 3.65. The average molecular weight is 458 g/mol. The molecule has 3 aromatic rings. The van der Waals surface area contributed by atoms with Crippen LogP contribution in [0.1, 0.15) is 37.9 Å². The number of carbonyl (C=O) groups excluding carboxylic acids is 1. The highest BCUT2D eigenvalue weighted by Crippen LogP contribution is 2.19. The number of para-hydroxylation sites is 2. The van der Waals surface area contributed by atoms with E-state index in [1.54, 1.807) is 0 Å². The summed E-state index contributed by atoms with van der Waals surface area (Å²) in [5, 5.41) is 3.58.